The first-order valence-corrected chi connectivity index (χ1v) is 10.2. The van der Waals surface area contributed by atoms with Crippen LogP contribution in [0.4, 0.5) is 0 Å². The van der Waals surface area contributed by atoms with E-state index in [2.05, 4.69) is 10.1 Å². The van der Waals surface area contributed by atoms with Crippen molar-refractivity contribution < 1.29 is 14.1 Å². The van der Waals surface area contributed by atoms with Crippen LogP contribution in [0.25, 0.3) is 11.5 Å². The van der Waals surface area contributed by atoms with Crippen LogP contribution >= 0.6 is 0 Å². The van der Waals surface area contributed by atoms with Crippen LogP contribution in [0.1, 0.15) is 41.0 Å². The maximum Gasteiger partial charge on any atom is 0.258 e. The fourth-order valence-corrected chi connectivity index (χ4v) is 4.03. The van der Waals surface area contributed by atoms with Crippen molar-refractivity contribution >= 4 is 5.91 Å². The van der Waals surface area contributed by atoms with E-state index in [0.29, 0.717) is 31.4 Å². The number of carbonyl (C=O) groups excluding carboxylic acids is 1. The van der Waals surface area contributed by atoms with Crippen LogP contribution in [0.5, 0.6) is 0 Å². The highest BCUT2D eigenvalue weighted by molar-refractivity contribution is 5.94. The first-order valence-electron chi connectivity index (χ1n) is 10.2. The fourth-order valence-electron chi connectivity index (χ4n) is 4.03. The molecular weight excluding hydrogens is 380 g/mol. The number of aromatic nitrogens is 3. The zero-order chi connectivity index (χ0) is 21.0. The third kappa shape index (κ3) is 4.11. The van der Waals surface area contributed by atoms with Gasteiger partial charge in [-0.1, -0.05) is 22.9 Å². The summed E-state index contributed by atoms with van der Waals surface area (Å²) in [5.74, 6) is 1.25. The molecule has 1 saturated heterocycles. The van der Waals surface area contributed by atoms with Crippen LogP contribution < -0.4 is 0 Å². The van der Waals surface area contributed by atoms with E-state index in [1.54, 1.807) is 19.5 Å². The molecular formula is C23H26N4O3. The Bertz CT molecular complexity index is 994. The Labute approximate surface area is 176 Å². The SMILES string of the molecule is COCCC1(c2noc(-c3ccncc3)n2)CCN(C(=O)c2cccc(C)c2)CC1. The van der Waals surface area contributed by atoms with Gasteiger partial charge in [0.25, 0.3) is 11.8 Å². The third-order valence-electron chi connectivity index (χ3n) is 5.89. The van der Waals surface area contributed by atoms with Crippen molar-refractivity contribution in [1.29, 1.82) is 0 Å². The second-order valence-corrected chi connectivity index (χ2v) is 7.84. The molecule has 3 aromatic rings. The summed E-state index contributed by atoms with van der Waals surface area (Å²) in [7, 11) is 1.70. The van der Waals surface area contributed by atoms with E-state index in [4.69, 9.17) is 14.2 Å². The molecule has 7 nitrogen and oxygen atoms in total. The molecule has 0 saturated carbocycles. The lowest BCUT2D eigenvalue weighted by Crippen LogP contribution is -2.46. The van der Waals surface area contributed by atoms with Gasteiger partial charge in [-0.2, -0.15) is 4.98 Å². The molecule has 156 valence electrons. The lowest BCUT2D eigenvalue weighted by molar-refractivity contribution is 0.0616. The molecule has 0 radical (unpaired) electrons. The van der Waals surface area contributed by atoms with Crippen LogP contribution in [-0.2, 0) is 10.2 Å². The number of carbonyl (C=O) groups is 1. The molecule has 1 aliphatic heterocycles. The lowest BCUT2D eigenvalue weighted by atomic mass is 9.75. The zero-order valence-corrected chi connectivity index (χ0v) is 17.4. The Morgan fingerprint density at radius 1 is 1.20 bits per heavy atom. The third-order valence-corrected chi connectivity index (χ3v) is 5.89. The molecule has 0 atom stereocenters. The highest BCUT2D eigenvalue weighted by Crippen LogP contribution is 2.38. The average Bonchev–Trinajstić information content (AvgIpc) is 3.29. The normalized spacial score (nSPS) is 15.9. The quantitative estimate of drug-likeness (QED) is 0.622. The number of rotatable bonds is 6. The highest BCUT2D eigenvalue weighted by atomic mass is 16.5. The second-order valence-electron chi connectivity index (χ2n) is 7.84. The number of nitrogens with zero attached hydrogens (tertiary/aromatic N) is 4. The molecule has 0 spiro atoms. The largest absolute Gasteiger partial charge is 0.385 e. The molecule has 1 amide bonds. The number of methoxy groups -OCH3 is 1. The molecule has 3 heterocycles. The van der Waals surface area contributed by atoms with Gasteiger partial charge < -0.3 is 14.2 Å². The lowest BCUT2D eigenvalue weighted by Gasteiger charge is -2.39. The number of piperidine rings is 1. The van der Waals surface area contributed by atoms with Gasteiger partial charge in [0, 0.05) is 55.7 Å². The summed E-state index contributed by atoms with van der Waals surface area (Å²) in [5, 5.41) is 4.32. The van der Waals surface area contributed by atoms with Crippen molar-refractivity contribution in [1.82, 2.24) is 20.0 Å². The van der Waals surface area contributed by atoms with Crippen LogP contribution in [-0.4, -0.2) is 52.7 Å². The Balaban J connectivity index is 1.53. The van der Waals surface area contributed by atoms with Crippen molar-refractivity contribution in [3.63, 3.8) is 0 Å². The van der Waals surface area contributed by atoms with Gasteiger partial charge >= 0.3 is 0 Å². The summed E-state index contributed by atoms with van der Waals surface area (Å²) in [6.45, 7) is 3.90. The fraction of sp³-hybridized carbons (Fsp3) is 0.391. The van der Waals surface area contributed by atoms with E-state index in [-0.39, 0.29) is 11.3 Å². The summed E-state index contributed by atoms with van der Waals surface area (Å²) in [4.78, 5) is 23.6. The molecule has 1 aliphatic rings. The van der Waals surface area contributed by atoms with Gasteiger partial charge in [-0.25, -0.2) is 0 Å². The number of hydrogen-bond acceptors (Lipinski definition) is 6. The van der Waals surface area contributed by atoms with Crippen molar-refractivity contribution in [2.24, 2.45) is 0 Å². The molecule has 0 aliphatic carbocycles. The molecule has 1 aromatic carbocycles. The molecule has 2 aromatic heterocycles. The van der Waals surface area contributed by atoms with E-state index in [0.717, 1.165) is 36.0 Å². The Kier molecular flexibility index (Phi) is 5.90. The number of likely N-dealkylation sites (tertiary alicyclic amines) is 1. The van der Waals surface area contributed by atoms with Gasteiger partial charge in [0.15, 0.2) is 5.82 Å². The number of amides is 1. The van der Waals surface area contributed by atoms with Crippen molar-refractivity contribution in [3.05, 3.63) is 65.7 Å². The van der Waals surface area contributed by atoms with Crippen LogP contribution in [0.3, 0.4) is 0 Å². The Morgan fingerprint density at radius 3 is 2.67 bits per heavy atom. The minimum Gasteiger partial charge on any atom is -0.385 e. The number of pyridine rings is 1. The molecule has 4 rings (SSSR count). The number of aryl methyl sites for hydroxylation is 1. The smallest absolute Gasteiger partial charge is 0.258 e. The van der Waals surface area contributed by atoms with Gasteiger partial charge in [-0.15, -0.1) is 0 Å². The minimum absolute atomic E-state index is 0.0737. The molecule has 7 heteroatoms. The van der Waals surface area contributed by atoms with E-state index in [1.807, 2.05) is 48.2 Å². The Hall–Kier alpha value is -3.06. The van der Waals surface area contributed by atoms with Crippen molar-refractivity contribution in [3.8, 4) is 11.5 Å². The second kappa shape index (κ2) is 8.75. The molecule has 0 bridgehead atoms. The first-order chi connectivity index (χ1) is 14.6. The molecule has 0 N–H and O–H groups in total. The van der Waals surface area contributed by atoms with Gasteiger partial charge in [-0.05, 0) is 50.5 Å². The molecule has 0 unspecified atom stereocenters. The van der Waals surface area contributed by atoms with Gasteiger partial charge in [0.2, 0.25) is 0 Å². The van der Waals surface area contributed by atoms with Crippen molar-refractivity contribution in [2.45, 2.75) is 31.6 Å². The summed E-state index contributed by atoms with van der Waals surface area (Å²) in [5.41, 5.74) is 2.40. The van der Waals surface area contributed by atoms with Crippen LogP contribution in [0.15, 0.2) is 53.3 Å². The zero-order valence-electron chi connectivity index (χ0n) is 17.4. The topological polar surface area (TPSA) is 81.3 Å². The maximum absolute atomic E-state index is 12.9. The summed E-state index contributed by atoms with van der Waals surface area (Å²) in [6, 6.07) is 11.4. The number of ether oxygens (including phenoxy) is 1. The monoisotopic (exact) mass is 406 g/mol. The van der Waals surface area contributed by atoms with E-state index < -0.39 is 0 Å². The number of hydrogen-bond donors (Lipinski definition) is 0. The van der Waals surface area contributed by atoms with E-state index in [9.17, 15) is 4.79 Å². The minimum atomic E-state index is -0.270. The number of benzene rings is 1. The summed E-state index contributed by atoms with van der Waals surface area (Å²) < 4.78 is 10.9. The molecule has 1 fully saturated rings. The predicted octanol–water partition coefficient (Wildman–Crippen LogP) is 3.65. The predicted molar refractivity (Wildman–Crippen MR) is 112 cm³/mol. The van der Waals surface area contributed by atoms with Crippen LogP contribution in [0, 0.1) is 6.92 Å². The average molecular weight is 406 g/mol. The van der Waals surface area contributed by atoms with E-state index in [1.165, 1.54) is 0 Å². The van der Waals surface area contributed by atoms with E-state index >= 15 is 0 Å². The summed E-state index contributed by atoms with van der Waals surface area (Å²) >= 11 is 0. The Morgan fingerprint density at radius 2 is 1.97 bits per heavy atom. The van der Waals surface area contributed by atoms with Gasteiger partial charge in [0.05, 0.1) is 0 Å². The first kappa shape index (κ1) is 20.2. The van der Waals surface area contributed by atoms with Gasteiger partial charge in [0.1, 0.15) is 0 Å². The summed E-state index contributed by atoms with van der Waals surface area (Å²) in [6.07, 6.45) is 5.72. The van der Waals surface area contributed by atoms with Crippen LogP contribution in [0.2, 0.25) is 0 Å². The standard InChI is InChI=1S/C23H26N4O3/c1-17-4-3-5-19(16-17)21(28)27-13-8-23(9-14-27,10-15-29-2)22-25-20(30-26-22)18-6-11-24-12-7-18/h3-7,11-12,16H,8-10,13-15H2,1-2H3. The van der Waals surface area contributed by atoms with Gasteiger partial charge in [-0.3, -0.25) is 9.78 Å². The highest BCUT2D eigenvalue weighted by Gasteiger charge is 2.41. The maximum atomic E-state index is 12.9. The molecule has 30 heavy (non-hydrogen) atoms. The van der Waals surface area contributed by atoms with Crippen molar-refractivity contribution in [2.75, 3.05) is 26.8 Å².